The van der Waals surface area contributed by atoms with Gasteiger partial charge < -0.3 is 9.55 Å². The fraction of sp³-hybridized carbons (Fsp3) is 0.235. The van der Waals surface area contributed by atoms with Crippen molar-refractivity contribution >= 4 is 5.65 Å². The van der Waals surface area contributed by atoms with Gasteiger partial charge in [-0.15, -0.1) is 10.2 Å². The maximum Gasteiger partial charge on any atom is 0.248 e. The van der Waals surface area contributed by atoms with E-state index in [1.54, 1.807) is 24.9 Å². The Balaban J connectivity index is 1.77. The van der Waals surface area contributed by atoms with Crippen LogP contribution in [0.15, 0.2) is 48.0 Å². The lowest BCUT2D eigenvalue weighted by molar-refractivity contribution is 0.749. The molecule has 4 rings (SSSR count). The number of aromatic nitrogens is 7. The lowest BCUT2D eigenvalue weighted by Gasteiger charge is -2.12. The maximum absolute atomic E-state index is 11.6. The molecule has 8 heteroatoms. The number of rotatable bonds is 5. The van der Waals surface area contributed by atoms with Crippen LogP contribution in [-0.4, -0.2) is 34.1 Å². The van der Waals surface area contributed by atoms with Crippen molar-refractivity contribution in [2.45, 2.75) is 26.3 Å². The van der Waals surface area contributed by atoms with Gasteiger partial charge >= 0.3 is 0 Å². The van der Waals surface area contributed by atoms with Crippen LogP contribution in [0.25, 0.3) is 17.2 Å². The van der Waals surface area contributed by atoms with Crippen LogP contribution in [0.5, 0.6) is 0 Å². The zero-order valence-electron chi connectivity index (χ0n) is 13.8. The van der Waals surface area contributed by atoms with Crippen molar-refractivity contribution in [1.29, 1.82) is 0 Å². The number of hydrogen-bond donors (Lipinski definition) is 1. The van der Waals surface area contributed by atoms with Gasteiger partial charge in [0.2, 0.25) is 5.56 Å². The summed E-state index contributed by atoms with van der Waals surface area (Å²) in [7, 11) is 0. The van der Waals surface area contributed by atoms with Crippen molar-refractivity contribution in [3.8, 4) is 11.5 Å². The molecule has 0 spiro atoms. The smallest absolute Gasteiger partial charge is 0.248 e. The first kappa shape index (κ1) is 15.3. The van der Waals surface area contributed by atoms with E-state index in [4.69, 9.17) is 0 Å². The first-order valence-electron chi connectivity index (χ1n) is 8.13. The molecule has 0 aliphatic carbocycles. The summed E-state index contributed by atoms with van der Waals surface area (Å²) in [5.74, 6) is 0.697. The highest BCUT2D eigenvalue weighted by Crippen LogP contribution is 2.19. The molecule has 0 aliphatic rings. The summed E-state index contributed by atoms with van der Waals surface area (Å²) in [5, 5.41) is 8.19. The van der Waals surface area contributed by atoms with Crippen molar-refractivity contribution in [1.82, 2.24) is 34.1 Å². The van der Waals surface area contributed by atoms with Gasteiger partial charge in [0.05, 0.1) is 17.9 Å². The Bertz CT molecular complexity index is 1080. The first-order valence-corrected chi connectivity index (χ1v) is 8.13. The Kier molecular flexibility index (Phi) is 3.85. The number of imidazole rings is 1. The number of fused-ring (bicyclic) bond motifs is 1. The molecule has 0 saturated heterocycles. The van der Waals surface area contributed by atoms with Gasteiger partial charge in [-0.2, -0.15) is 0 Å². The van der Waals surface area contributed by atoms with Gasteiger partial charge in [-0.05, 0) is 12.5 Å². The minimum Gasteiger partial charge on any atom is -0.324 e. The normalized spacial score (nSPS) is 11.2. The molecule has 4 aromatic rings. The quantitative estimate of drug-likeness (QED) is 0.599. The zero-order chi connectivity index (χ0) is 17.2. The fourth-order valence-electron chi connectivity index (χ4n) is 2.94. The molecule has 0 fully saturated rings. The second-order valence-electron chi connectivity index (χ2n) is 5.79. The minimum absolute atomic E-state index is 0.151. The van der Waals surface area contributed by atoms with Crippen LogP contribution in [-0.2, 0) is 13.0 Å². The summed E-state index contributed by atoms with van der Waals surface area (Å²) in [6.45, 7) is 2.67. The van der Waals surface area contributed by atoms with Gasteiger partial charge in [-0.3, -0.25) is 9.20 Å². The van der Waals surface area contributed by atoms with Crippen LogP contribution >= 0.6 is 0 Å². The Hall–Kier alpha value is -3.29. The molecule has 25 heavy (non-hydrogen) atoms. The third kappa shape index (κ3) is 2.82. The van der Waals surface area contributed by atoms with Gasteiger partial charge in [0.15, 0.2) is 11.5 Å². The average Bonchev–Trinajstić information content (AvgIpc) is 3.26. The molecule has 0 radical (unpaired) electrons. The van der Waals surface area contributed by atoms with E-state index < -0.39 is 0 Å². The van der Waals surface area contributed by atoms with Crippen molar-refractivity contribution < 1.29 is 0 Å². The van der Waals surface area contributed by atoms with Crippen molar-refractivity contribution in [2.24, 2.45) is 0 Å². The summed E-state index contributed by atoms with van der Waals surface area (Å²) in [4.78, 5) is 23.4. The van der Waals surface area contributed by atoms with Crippen molar-refractivity contribution in [2.75, 3.05) is 0 Å². The molecule has 0 aromatic carbocycles. The highest BCUT2D eigenvalue weighted by molar-refractivity contribution is 5.51. The Morgan fingerprint density at radius 3 is 2.96 bits per heavy atom. The van der Waals surface area contributed by atoms with Gasteiger partial charge in [0.1, 0.15) is 12.7 Å². The lowest BCUT2D eigenvalue weighted by atomic mass is 10.1. The molecule has 0 aliphatic heterocycles. The van der Waals surface area contributed by atoms with Crippen LogP contribution in [0, 0.1) is 0 Å². The molecule has 0 atom stereocenters. The molecule has 4 heterocycles. The van der Waals surface area contributed by atoms with Crippen LogP contribution in [0.3, 0.4) is 0 Å². The largest absolute Gasteiger partial charge is 0.324 e. The van der Waals surface area contributed by atoms with Crippen LogP contribution < -0.4 is 5.56 Å². The van der Waals surface area contributed by atoms with Gasteiger partial charge in [0.25, 0.3) is 0 Å². The summed E-state index contributed by atoms with van der Waals surface area (Å²) >= 11 is 0. The average molecular weight is 335 g/mol. The number of nitrogens with zero attached hydrogens (tertiary/aromatic N) is 6. The van der Waals surface area contributed by atoms with Gasteiger partial charge in [-0.1, -0.05) is 19.4 Å². The molecule has 8 nitrogen and oxygen atoms in total. The number of H-pyrrole nitrogens is 1. The molecule has 1 N–H and O–H groups in total. The second-order valence-corrected chi connectivity index (χ2v) is 5.79. The van der Waals surface area contributed by atoms with E-state index in [1.807, 2.05) is 21.2 Å². The van der Waals surface area contributed by atoms with E-state index >= 15 is 0 Å². The monoisotopic (exact) mass is 335 g/mol. The number of hydrogen-bond acceptors (Lipinski definition) is 5. The first-order chi connectivity index (χ1) is 12.3. The Labute approximate surface area is 143 Å². The summed E-state index contributed by atoms with van der Waals surface area (Å²) in [6, 6.07) is 5.04. The SMILES string of the molecule is CCCc1c(Cn2ccnc2-c2cccc(=O)[nH]2)ncn2cnnc12. The number of aryl methyl sites for hydroxylation is 1. The number of pyridine rings is 1. The Morgan fingerprint density at radius 2 is 2.12 bits per heavy atom. The summed E-state index contributed by atoms with van der Waals surface area (Å²) in [6.07, 6.45) is 8.84. The van der Waals surface area contributed by atoms with Gasteiger partial charge in [0, 0.05) is 24.0 Å². The molecule has 0 amide bonds. The molecule has 4 aromatic heterocycles. The second kappa shape index (κ2) is 6.31. The third-order valence-corrected chi connectivity index (χ3v) is 4.07. The summed E-state index contributed by atoms with van der Waals surface area (Å²) < 4.78 is 3.80. The number of nitrogens with one attached hydrogen (secondary N) is 1. The topological polar surface area (TPSA) is 93.8 Å². The Morgan fingerprint density at radius 1 is 1.20 bits per heavy atom. The zero-order valence-corrected chi connectivity index (χ0v) is 13.8. The molecule has 0 bridgehead atoms. The minimum atomic E-state index is -0.151. The van der Waals surface area contributed by atoms with Crippen LogP contribution in [0.1, 0.15) is 24.6 Å². The van der Waals surface area contributed by atoms with E-state index in [9.17, 15) is 4.79 Å². The van der Waals surface area contributed by atoms with Gasteiger partial charge in [-0.25, -0.2) is 9.97 Å². The number of aromatic amines is 1. The van der Waals surface area contributed by atoms with Crippen molar-refractivity contribution in [3.63, 3.8) is 0 Å². The maximum atomic E-state index is 11.6. The fourth-order valence-corrected chi connectivity index (χ4v) is 2.94. The predicted octanol–water partition coefficient (Wildman–Crippen LogP) is 1.68. The predicted molar refractivity (Wildman–Crippen MR) is 92.2 cm³/mol. The molecule has 126 valence electrons. The lowest BCUT2D eigenvalue weighted by Crippen LogP contribution is -2.11. The van der Waals surface area contributed by atoms with Crippen LogP contribution in [0.4, 0.5) is 0 Å². The third-order valence-electron chi connectivity index (χ3n) is 4.07. The van der Waals surface area contributed by atoms with E-state index in [0.717, 1.165) is 29.7 Å². The molecular formula is C17H17N7O. The summed E-state index contributed by atoms with van der Waals surface area (Å²) in [5.41, 5.74) is 3.38. The van der Waals surface area contributed by atoms with E-state index in [0.29, 0.717) is 18.1 Å². The molecule has 0 unspecified atom stereocenters. The standard InChI is InChI=1S/C17H17N7O/c1-2-4-12-14(19-10-24-11-20-22-16(12)24)9-23-8-7-18-17(23)13-5-3-6-15(25)21-13/h3,5-8,10-11H,2,4,9H2,1H3,(H,21,25). The molecular weight excluding hydrogens is 318 g/mol. The van der Waals surface area contributed by atoms with Crippen LogP contribution in [0.2, 0.25) is 0 Å². The molecule has 0 saturated carbocycles. The van der Waals surface area contributed by atoms with E-state index in [-0.39, 0.29) is 5.56 Å². The van der Waals surface area contributed by atoms with E-state index in [1.165, 1.54) is 6.07 Å². The highest BCUT2D eigenvalue weighted by atomic mass is 16.1. The van der Waals surface area contributed by atoms with Crippen molar-refractivity contribution in [3.05, 3.63) is 64.9 Å². The van der Waals surface area contributed by atoms with E-state index in [2.05, 4.69) is 32.1 Å². The highest BCUT2D eigenvalue weighted by Gasteiger charge is 2.14.